The van der Waals surface area contributed by atoms with Crippen molar-refractivity contribution in [1.82, 2.24) is 10.7 Å². The lowest BCUT2D eigenvalue weighted by molar-refractivity contribution is -0.122. The first kappa shape index (κ1) is 17.4. The summed E-state index contributed by atoms with van der Waals surface area (Å²) in [5.74, 6) is -0.171. The number of benzene rings is 2. The Hall–Kier alpha value is -2.47. The summed E-state index contributed by atoms with van der Waals surface area (Å²) in [6.07, 6.45) is 1.84. The summed E-state index contributed by atoms with van der Waals surface area (Å²) in [4.78, 5) is 24.1. The lowest BCUT2D eigenvalue weighted by atomic mass is 10.1. The van der Waals surface area contributed by atoms with Gasteiger partial charge in [0.15, 0.2) is 0 Å². The maximum Gasteiger partial charge on any atom is 0.251 e. The van der Waals surface area contributed by atoms with E-state index >= 15 is 0 Å². The highest BCUT2D eigenvalue weighted by Gasteiger charge is 2.29. The number of rotatable bonds is 6. The number of hydrazone groups is 1. The molecule has 1 saturated carbocycles. The summed E-state index contributed by atoms with van der Waals surface area (Å²) < 4.78 is 0.915. The Morgan fingerprint density at radius 1 is 1.00 bits per heavy atom. The molecule has 0 unspecified atom stereocenters. The predicted octanol–water partition coefficient (Wildman–Crippen LogP) is 3.11. The van der Waals surface area contributed by atoms with E-state index in [1.807, 2.05) is 42.5 Å². The highest BCUT2D eigenvalue weighted by atomic mass is 79.9. The van der Waals surface area contributed by atoms with Gasteiger partial charge >= 0.3 is 0 Å². The van der Waals surface area contributed by atoms with Gasteiger partial charge in [-0.15, -0.1) is 0 Å². The summed E-state index contributed by atoms with van der Waals surface area (Å²) >= 11 is 3.35. The maximum atomic E-state index is 12.3. The second-order valence-electron chi connectivity index (χ2n) is 5.86. The van der Waals surface area contributed by atoms with Crippen molar-refractivity contribution >= 4 is 33.5 Å². The van der Waals surface area contributed by atoms with Crippen molar-refractivity contribution in [2.45, 2.75) is 12.8 Å². The number of nitrogens with zero attached hydrogens (tertiary/aromatic N) is 1. The Bertz CT molecular complexity index is 784. The number of amides is 2. The number of carbonyl (C=O) groups is 2. The van der Waals surface area contributed by atoms with Crippen molar-refractivity contribution in [3.63, 3.8) is 0 Å². The molecule has 2 amide bonds. The predicted molar refractivity (Wildman–Crippen MR) is 100 cm³/mol. The molecule has 2 N–H and O–H groups in total. The Labute approximate surface area is 154 Å². The van der Waals surface area contributed by atoms with Crippen LogP contribution >= 0.6 is 15.9 Å². The fourth-order valence-electron chi connectivity index (χ4n) is 2.26. The minimum absolute atomic E-state index is 0.0623. The zero-order valence-electron chi connectivity index (χ0n) is 13.5. The van der Waals surface area contributed by atoms with Crippen LogP contribution in [0, 0.1) is 5.92 Å². The van der Waals surface area contributed by atoms with Crippen molar-refractivity contribution in [3.05, 3.63) is 70.2 Å². The first-order valence-electron chi connectivity index (χ1n) is 8.09. The average molecular weight is 400 g/mol. The summed E-state index contributed by atoms with van der Waals surface area (Å²) in [5.41, 5.74) is 4.64. The molecular weight excluding hydrogens is 382 g/mol. The minimum Gasteiger partial charge on any atom is -0.346 e. The van der Waals surface area contributed by atoms with Crippen LogP contribution in [0.1, 0.15) is 28.8 Å². The molecule has 0 spiro atoms. The monoisotopic (exact) mass is 399 g/mol. The Balaban J connectivity index is 1.68. The molecule has 0 bridgehead atoms. The molecule has 0 atom stereocenters. The largest absolute Gasteiger partial charge is 0.346 e. The summed E-state index contributed by atoms with van der Waals surface area (Å²) in [5, 5.41) is 7.08. The van der Waals surface area contributed by atoms with Crippen LogP contribution in [0.5, 0.6) is 0 Å². The molecule has 5 nitrogen and oxygen atoms in total. The third-order valence-corrected chi connectivity index (χ3v) is 4.41. The van der Waals surface area contributed by atoms with Gasteiger partial charge in [-0.25, -0.2) is 5.43 Å². The van der Waals surface area contributed by atoms with E-state index in [1.165, 1.54) is 0 Å². The van der Waals surface area contributed by atoms with Gasteiger partial charge in [0.25, 0.3) is 5.91 Å². The van der Waals surface area contributed by atoms with Crippen LogP contribution in [0.15, 0.2) is 64.2 Å². The van der Waals surface area contributed by atoms with E-state index in [4.69, 9.17) is 0 Å². The smallest absolute Gasteiger partial charge is 0.251 e. The fraction of sp³-hybridized carbons (Fsp3) is 0.211. The van der Waals surface area contributed by atoms with Gasteiger partial charge in [-0.1, -0.05) is 46.3 Å². The molecule has 0 radical (unpaired) electrons. The zero-order valence-corrected chi connectivity index (χ0v) is 15.1. The quantitative estimate of drug-likeness (QED) is 0.578. The van der Waals surface area contributed by atoms with Gasteiger partial charge in [0.05, 0.1) is 12.3 Å². The van der Waals surface area contributed by atoms with E-state index in [1.54, 1.807) is 12.1 Å². The lowest BCUT2D eigenvalue weighted by Gasteiger charge is -2.09. The van der Waals surface area contributed by atoms with E-state index < -0.39 is 0 Å². The molecule has 1 aliphatic carbocycles. The molecule has 1 fully saturated rings. The number of nitrogens with one attached hydrogen (secondary N) is 2. The van der Waals surface area contributed by atoms with Gasteiger partial charge in [0, 0.05) is 16.0 Å². The minimum atomic E-state index is -0.190. The number of carbonyl (C=O) groups excluding carboxylic acids is 2. The molecule has 2 aromatic carbocycles. The summed E-state index contributed by atoms with van der Waals surface area (Å²) in [6.45, 7) is 0.226. The fourth-order valence-corrected chi connectivity index (χ4v) is 2.53. The van der Waals surface area contributed by atoms with E-state index in [0.29, 0.717) is 11.3 Å². The van der Waals surface area contributed by atoms with Crippen LogP contribution in [0.4, 0.5) is 0 Å². The van der Waals surface area contributed by atoms with E-state index in [0.717, 1.165) is 22.9 Å². The normalized spacial score (nSPS) is 14.0. The third kappa shape index (κ3) is 5.00. The molecule has 1 aliphatic rings. The Morgan fingerprint density at radius 3 is 2.32 bits per heavy atom. The molecule has 0 aliphatic heterocycles. The van der Waals surface area contributed by atoms with Gasteiger partial charge in [-0.3, -0.25) is 9.59 Å². The molecule has 3 rings (SSSR count). The zero-order chi connectivity index (χ0) is 17.6. The van der Waals surface area contributed by atoms with Crippen molar-refractivity contribution in [3.8, 4) is 0 Å². The van der Waals surface area contributed by atoms with Crippen LogP contribution in [0.3, 0.4) is 0 Å². The van der Waals surface area contributed by atoms with Crippen LogP contribution in [-0.4, -0.2) is 24.1 Å². The SMILES string of the molecule is O=C(NC/C(=N\NC(=O)C1CC1)c1ccccc1)c1ccc(Br)cc1. The third-order valence-electron chi connectivity index (χ3n) is 3.88. The molecule has 2 aromatic rings. The van der Waals surface area contributed by atoms with E-state index in [2.05, 4.69) is 31.8 Å². The molecule has 0 heterocycles. The van der Waals surface area contributed by atoms with Crippen LogP contribution in [0.2, 0.25) is 0 Å². The number of hydrogen-bond acceptors (Lipinski definition) is 3. The lowest BCUT2D eigenvalue weighted by Crippen LogP contribution is -2.32. The van der Waals surface area contributed by atoms with Gasteiger partial charge in [0.1, 0.15) is 0 Å². The molecule has 0 aromatic heterocycles. The first-order chi connectivity index (χ1) is 12.1. The summed E-state index contributed by atoms with van der Waals surface area (Å²) in [7, 11) is 0. The van der Waals surface area contributed by atoms with Crippen LogP contribution < -0.4 is 10.7 Å². The van der Waals surface area contributed by atoms with Crippen molar-refractivity contribution in [1.29, 1.82) is 0 Å². The Morgan fingerprint density at radius 2 is 1.68 bits per heavy atom. The standard InChI is InChI=1S/C19H18BrN3O2/c20-16-10-8-14(9-11-16)18(24)21-12-17(13-4-2-1-3-5-13)22-23-19(25)15-6-7-15/h1-5,8-11,15H,6-7,12H2,(H,21,24)(H,23,25)/b22-17+. The topological polar surface area (TPSA) is 70.6 Å². The van der Waals surface area contributed by atoms with Crippen molar-refractivity contribution < 1.29 is 9.59 Å². The van der Waals surface area contributed by atoms with Gasteiger partial charge in [-0.2, -0.15) is 5.10 Å². The Kier molecular flexibility index (Phi) is 5.60. The van der Waals surface area contributed by atoms with Crippen molar-refractivity contribution in [2.24, 2.45) is 11.0 Å². The maximum absolute atomic E-state index is 12.3. The molecule has 25 heavy (non-hydrogen) atoms. The van der Waals surface area contributed by atoms with Crippen LogP contribution in [-0.2, 0) is 4.79 Å². The molecule has 128 valence electrons. The van der Waals surface area contributed by atoms with Gasteiger partial charge in [0.2, 0.25) is 5.91 Å². The van der Waals surface area contributed by atoms with Crippen LogP contribution in [0.25, 0.3) is 0 Å². The highest BCUT2D eigenvalue weighted by Crippen LogP contribution is 2.28. The molecular formula is C19H18BrN3O2. The van der Waals surface area contributed by atoms with E-state index in [-0.39, 0.29) is 24.3 Å². The van der Waals surface area contributed by atoms with Gasteiger partial charge in [-0.05, 0) is 42.7 Å². The first-order valence-corrected chi connectivity index (χ1v) is 8.88. The second-order valence-corrected chi connectivity index (χ2v) is 6.78. The number of hydrogen-bond donors (Lipinski definition) is 2. The molecule has 0 saturated heterocycles. The van der Waals surface area contributed by atoms with Crippen molar-refractivity contribution in [2.75, 3.05) is 6.54 Å². The second kappa shape index (κ2) is 8.07. The van der Waals surface area contributed by atoms with E-state index in [9.17, 15) is 9.59 Å². The summed E-state index contributed by atoms with van der Waals surface area (Å²) in [6, 6.07) is 16.6. The average Bonchev–Trinajstić information content (AvgIpc) is 3.48. The van der Waals surface area contributed by atoms with Gasteiger partial charge < -0.3 is 5.32 Å². The highest BCUT2D eigenvalue weighted by molar-refractivity contribution is 9.10. The molecule has 6 heteroatoms. The number of halogens is 1.